The van der Waals surface area contributed by atoms with E-state index in [9.17, 15) is 0 Å². The van der Waals surface area contributed by atoms with Crippen molar-refractivity contribution in [3.8, 4) is 78.6 Å². The first kappa shape index (κ1) is 60.8. The van der Waals surface area contributed by atoms with Crippen molar-refractivity contribution in [3.63, 3.8) is 0 Å². The quantitative estimate of drug-likeness (QED) is 0.108. The van der Waals surface area contributed by atoms with Crippen LogP contribution >= 0.6 is 0 Å². The van der Waals surface area contributed by atoms with Crippen LogP contribution in [0.5, 0.6) is 11.5 Å². The maximum atomic E-state index is 7.42. The zero-order valence-corrected chi connectivity index (χ0v) is 57.8. The van der Waals surface area contributed by atoms with Crippen molar-refractivity contribution in [3.05, 3.63) is 352 Å². The molecule has 0 saturated heterocycles. The average Bonchev–Trinajstić information content (AvgIpc) is 1.70. The number of aromatic nitrogens is 3. The fourth-order valence-electron chi connectivity index (χ4n) is 18.6. The minimum atomic E-state index is -0.181. The van der Waals surface area contributed by atoms with Gasteiger partial charge in [0, 0.05) is 94.3 Å². The summed E-state index contributed by atoms with van der Waals surface area (Å²) in [4.78, 5) is 10.0. The zero-order chi connectivity index (χ0) is 65.8. The number of hydrogen-bond donors (Lipinski definition) is 0. The largest absolute Gasteiger partial charge is 0.509 e. The van der Waals surface area contributed by atoms with E-state index in [0.29, 0.717) is 23.3 Å². The van der Waals surface area contributed by atoms with Crippen LogP contribution < -0.4 is 14.5 Å². The Hall–Kier alpha value is -11.3. The number of para-hydroxylation sites is 6. The fourth-order valence-corrected chi connectivity index (χ4v) is 18.6. The second-order valence-corrected chi connectivity index (χ2v) is 27.9. The molecule has 3 aromatic heterocycles. The summed E-state index contributed by atoms with van der Waals surface area (Å²) in [5.41, 5.74) is 23.2. The van der Waals surface area contributed by atoms with Gasteiger partial charge in [0.05, 0.1) is 11.0 Å². The van der Waals surface area contributed by atoms with E-state index < -0.39 is 0 Å². The van der Waals surface area contributed by atoms with Gasteiger partial charge in [0.1, 0.15) is 5.82 Å². The monoisotopic (exact) mass is 1480 g/mol. The van der Waals surface area contributed by atoms with Crippen molar-refractivity contribution in [2.45, 2.75) is 37.5 Å². The van der Waals surface area contributed by atoms with E-state index in [-0.39, 0.29) is 26.5 Å². The minimum absolute atomic E-state index is 0. The van der Waals surface area contributed by atoms with Gasteiger partial charge in [0.25, 0.3) is 0 Å². The van der Waals surface area contributed by atoms with Gasteiger partial charge in [-0.3, -0.25) is 0 Å². The summed E-state index contributed by atoms with van der Waals surface area (Å²) in [6.07, 6.45) is 8.49. The molecule has 0 radical (unpaired) electrons. The number of nitrogens with zero attached hydrogens (tertiary/aromatic N) is 5. The number of anilines is 4. The molecule has 488 valence electrons. The molecule has 6 nitrogen and oxygen atoms in total. The Balaban J connectivity index is 0.00000708. The van der Waals surface area contributed by atoms with Gasteiger partial charge in [-0.2, -0.15) is 6.07 Å². The minimum Gasteiger partial charge on any atom is -0.509 e. The van der Waals surface area contributed by atoms with Crippen LogP contribution in [0, 0.1) is 42.5 Å². The second-order valence-electron chi connectivity index (χ2n) is 27.9. The molecule has 21 rings (SSSR count). The van der Waals surface area contributed by atoms with Gasteiger partial charge in [-0.15, -0.1) is 53.6 Å². The van der Waals surface area contributed by atoms with Crippen molar-refractivity contribution >= 4 is 66.4 Å². The first-order valence-electron chi connectivity index (χ1n) is 35.3. The molecular formula is C94H68N5OPt-3. The summed E-state index contributed by atoms with van der Waals surface area (Å²) in [5, 5.41) is 4.77. The van der Waals surface area contributed by atoms with Crippen molar-refractivity contribution in [1.29, 1.82) is 0 Å². The molecule has 1 aliphatic heterocycles. The van der Waals surface area contributed by atoms with Crippen molar-refractivity contribution < 1.29 is 25.8 Å². The van der Waals surface area contributed by atoms with E-state index in [1.807, 2.05) is 0 Å². The molecule has 4 fully saturated rings. The second kappa shape index (κ2) is 24.8. The van der Waals surface area contributed by atoms with E-state index >= 15 is 0 Å². The first-order valence-corrected chi connectivity index (χ1v) is 35.3. The summed E-state index contributed by atoms with van der Waals surface area (Å²) in [5.74, 6) is 4.62. The number of hydrogen-bond acceptors (Lipinski definition) is 4. The molecule has 13 aromatic carbocycles. The third kappa shape index (κ3) is 10.0. The average molecular weight is 1480 g/mol. The molecule has 4 saturated carbocycles. The topological polar surface area (TPSA) is 38.5 Å². The van der Waals surface area contributed by atoms with Gasteiger partial charge < -0.3 is 23.7 Å². The Morgan fingerprint density at radius 3 is 1.43 bits per heavy atom. The van der Waals surface area contributed by atoms with E-state index in [1.165, 1.54) is 70.7 Å². The number of benzene rings is 13. The molecule has 0 unspecified atom stereocenters. The summed E-state index contributed by atoms with van der Waals surface area (Å²) < 4.78 is 12.2. The van der Waals surface area contributed by atoms with Gasteiger partial charge in [-0.25, -0.2) is 4.98 Å². The standard InChI is InChI=1S/C94H68N5O.Pt/c1-5-23-64(24-6-1)77-34-21-35-78(65-25-7-2-8-26-65)92(77)68-56-74(96-61-97(89-42-20-19-41-88(89)96)93-79(66-27-9-3-10-28-66)36-22-37-80(93)67-29-11-4-12-30-67)59-76(57-68)100-75-47-48-84-83-33-15-18-40-87(83)99(90(84)60-75)91-58-70(49-50-95-91)94(71-52-62-51-63(54-71)55-72(94)53-62)69-43-45-73(46-44-69)98-85-38-16-13-31-81(85)82-32-14-17-39-86(82)98;/h1-50,56-58,61-63,71-72H,51-55H2;/q-3;. The van der Waals surface area contributed by atoms with Crippen molar-refractivity contribution in [2.24, 2.45) is 23.7 Å². The molecule has 5 aliphatic rings. The van der Waals surface area contributed by atoms with Crippen molar-refractivity contribution in [1.82, 2.24) is 14.1 Å². The maximum absolute atomic E-state index is 7.42. The van der Waals surface area contributed by atoms with E-state index in [0.717, 1.165) is 118 Å². The van der Waals surface area contributed by atoms with Crippen LogP contribution in [0.4, 0.5) is 22.7 Å². The molecule has 0 amide bonds. The Bertz CT molecular complexity index is 5630. The molecule has 4 heterocycles. The van der Waals surface area contributed by atoms with Gasteiger partial charge in [0.15, 0.2) is 0 Å². The zero-order valence-electron chi connectivity index (χ0n) is 55.5. The normalized spacial score (nSPS) is 18.2. The predicted octanol–water partition coefficient (Wildman–Crippen LogP) is 24.2. The predicted molar refractivity (Wildman–Crippen MR) is 410 cm³/mol. The van der Waals surface area contributed by atoms with Crippen LogP contribution in [-0.4, -0.2) is 14.1 Å². The Labute approximate surface area is 603 Å². The number of rotatable bonds is 13. The maximum Gasteiger partial charge on any atom is 0.135 e. The van der Waals surface area contributed by atoms with Gasteiger partial charge in [0.2, 0.25) is 0 Å². The summed E-state index contributed by atoms with van der Waals surface area (Å²) in [7, 11) is 0. The third-order valence-corrected chi connectivity index (χ3v) is 22.5. The van der Waals surface area contributed by atoms with E-state index in [2.05, 4.69) is 359 Å². The molecule has 0 spiro atoms. The summed E-state index contributed by atoms with van der Waals surface area (Å²) in [6, 6.07) is 123. The Kier molecular flexibility index (Phi) is 15.0. The number of ether oxygens (including phenoxy) is 1. The molecule has 0 N–H and O–H groups in total. The molecule has 16 aromatic rings. The SMILES string of the molecule is [Pt].[c-]1c(Oc2[c-]c3c(cc2)c2ccccc2n3-c2cc(C3(c4ccc(-n5c6ccccc6c6ccccc65)cc4)C4CC5CC(C4)CC3C5)ccn2)cc(-c2c(-c3ccccc3)cccc2-c2ccccc2)cc1N1[CH-]N(c2c(-c3ccccc3)cccc2-c2ccccc2)c2ccccc21. The molecule has 0 atom stereocenters. The molecular weight excluding hydrogens is 1410 g/mol. The van der Waals surface area contributed by atoms with Gasteiger partial charge in [-0.1, -0.05) is 242 Å². The van der Waals surface area contributed by atoms with Crippen molar-refractivity contribution in [2.75, 3.05) is 9.80 Å². The summed E-state index contributed by atoms with van der Waals surface area (Å²) in [6.45, 7) is 2.24. The van der Waals surface area contributed by atoms with E-state index in [4.69, 9.17) is 9.72 Å². The Morgan fingerprint density at radius 1 is 0.376 bits per heavy atom. The fraction of sp³-hybridized carbons (Fsp3) is 0.106. The van der Waals surface area contributed by atoms with Gasteiger partial charge in [-0.05, 0) is 166 Å². The van der Waals surface area contributed by atoms with Crippen LogP contribution in [0.15, 0.2) is 322 Å². The van der Waals surface area contributed by atoms with Crippen LogP contribution in [0.2, 0.25) is 0 Å². The number of fused-ring (bicyclic) bond motifs is 7. The molecule has 7 heteroatoms. The number of pyridine rings is 1. The van der Waals surface area contributed by atoms with Crippen LogP contribution in [0.3, 0.4) is 0 Å². The summed E-state index contributed by atoms with van der Waals surface area (Å²) >= 11 is 0. The van der Waals surface area contributed by atoms with Crippen LogP contribution in [-0.2, 0) is 26.5 Å². The van der Waals surface area contributed by atoms with E-state index in [1.54, 1.807) is 0 Å². The third-order valence-electron chi connectivity index (χ3n) is 22.5. The van der Waals surface area contributed by atoms with Gasteiger partial charge >= 0.3 is 0 Å². The molecule has 4 bridgehead atoms. The Morgan fingerprint density at radius 2 is 0.861 bits per heavy atom. The smallest absolute Gasteiger partial charge is 0.135 e. The van der Waals surface area contributed by atoms with Crippen LogP contribution in [0.25, 0.3) is 111 Å². The molecule has 4 aliphatic carbocycles. The molecule has 101 heavy (non-hydrogen) atoms. The first-order chi connectivity index (χ1) is 49.6. The van der Waals surface area contributed by atoms with Crippen LogP contribution in [0.1, 0.15) is 43.2 Å².